The fraction of sp³-hybridized carbons (Fsp3) is 0.333. The van der Waals surface area contributed by atoms with Gasteiger partial charge in [-0.05, 0) is 17.8 Å². The Morgan fingerprint density at radius 2 is 2.14 bits per heavy atom. The summed E-state index contributed by atoms with van der Waals surface area (Å²) >= 11 is 12.2. The van der Waals surface area contributed by atoms with Crippen LogP contribution in [0.1, 0.15) is 5.56 Å². The van der Waals surface area contributed by atoms with E-state index in [1.165, 1.54) is 0 Å². The first-order valence-electron chi connectivity index (χ1n) is 4.29. The van der Waals surface area contributed by atoms with Gasteiger partial charge >= 0.3 is 0 Å². The molecule has 0 saturated carbocycles. The lowest BCUT2D eigenvalue weighted by Gasteiger charge is -2.20. The summed E-state index contributed by atoms with van der Waals surface area (Å²) in [7, 11) is 0. The highest BCUT2D eigenvalue weighted by molar-refractivity contribution is 7.50. The van der Waals surface area contributed by atoms with Crippen LogP contribution >= 0.6 is 22.2 Å². The smallest absolute Gasteiger partial charge is 0.277 e. The van der Waals surface area contributed by atoms with Crippen LogP contribution in [0.4, 0.5) is 0 Å². The molecule has 1 aromatic rings. The molecule has 2 nitrogen and oxygen atoms in total. The second-order valence-electron chi connectivity index (χ2n) is 3.32. The first-order valence-corrected chi connectivity index (χ1v) is 8.81. The number of benzene rings is 1. The van der Waals surface area contributed by atoms with Gasteiger partial charge in [0.2, 0.25) is 0 Å². The lowest BCUT2D eigenvalue weighted by atomic mass is 10.2. The lowest BCUT2D eigenvalue weighted by molar-refractivity contribution is -0.0163. The summed E-state index contributed by atoms with van der Waals surface area (Å²) in [5.41, 5.74) is 1.02. The molecule has 1 aliphatic heterocycles. The first-order chi connectivity index (χ1) is 6.57. The minimum absolute atomic E-state index is 0.322. The zero-order chi connectivity index (χ0) is 10.2. The summed E-state index contributed by atoms with van der Waals surface area (Å²) in [5, 5.41) is 0.994. The fourth-order valence-electron chi connectivity index (χ4n) is 1.36. The molecule has 2 rings (SSSR count). The molecule has 14 heavy (non-hydrogen) atoms. The maximum atomic E-state index is 6.12. The van der Waals surface area contributed by atoms with Crippen molar-refractivity contribution in [1.82, 2.24) is 0 Å². The fourth-order valence-corrected chi connectivity index (χ4v) is 2.87. The molecule has 0 unspecified atom stereocenters. The van der Waals surface area contributed by atoms with Gasteiger partial charge in [0.05, 0.1) is 6.61 Å². The highest BCUT2D eigenvalue weighted by Crippen LogP contribution is 2.24. The Labute approximate surface area is 93.1 Å². The van der Waals surface area contributed by atoms with Crippen molar-refractivity contribution in [1.29, 1.82) is 0 Å². The van der Waals surface area contributed by atoms with Crippen LogP contribution in [-0.4, -0.2) is 13.5 Å². The molecule has 0 atom stereocenters. The lowest BCUT2D eigenvalue weighted by Crippen LogP contribution is -2.33. The van der Waals surface area contributed by atoms with Crippen molar-refractivity contribution in [3.63, 3.8) is 0 Å². The van der Waals surface area contributed by atoms with E-state index in [2.05, 4.69) is 0 Å². The summed E-state index contributed by atoms with van der Waals surface area (Å²) in [6.45, 7) is 0.511. The van der Waals surface area contributed by atoms with Crippen molar-refractivity contribution < 1.29 is 9.47 Å². The number of hydrogen-bond donors (Lipinski definition) is 0. The molecule has 0 amide bonds. The normalized spacial score (nSPS) is 15.9. The van der Waals surface area contributed by atoms with Crippen LogP contribution in [0, 0.1) is 0 Å². The molecule has 1 aliphatic rings. The van der Waals surface area contributed by atoms with Crippen LogP contribution in [0.25, 0.3) is 0 Å². The van der Waals surface area contributed by atoms with Crippen molar-refractivity contribution in [2.45, 2.75) is 13.2 Å². The monoisotopic (exact) mass is 248 g/mol. The molecule has 0 saturated heterocycles. The molecule has 1 aromatic carbocycles. The van der Waals surface area contributed by atoms with E-state index >= 15 is 0 Å². The minimum atomic E-state index is -2.26. The zero-order valence-corrected chi connectivity index (χ0v) is 10.2. The molecule has 0 aromatic heterocycles. The van der Waals surface area contributed by atoms with Gasteiger partial charge in [-0.15, -0.1) is 22.2 Å². The zero-order valence-electron chi connectivity index (χ0n) is 7.72. The molecule has 0 fully saturated rings. The predicted octanol–water partition coefficient (Wildman–Crippen LogP) is 2.31. The van der Waals surface area contributed by atoms with E-state index in [1.807, 2.05) is 24.7 Å². The molecular weight excluding hydrogens is 239 g/mol. The van der Waals surface area contributed by atoms with Crippen molar-refractivity contribution >= 4 is 34.0 Å². The Morgan fingerprint density at radius 3 is 2.86 bits per heavy atom. The minimum Gasteiger partial charge on any atom is -0.467 e. The molecule has 0 bridgehead atoms. The van der Waals surface area contributed by atoms with Crippen LogP contribution in [0.15, 0.2) is 18.2 Å². The van der Waals surface area contributed by atoms with E-state index in [0.29, 0.717) is 13.4 Å². The average molecular weight is 249 g/mol. The first kappa shape index (κ1) is 10.3. The summed E-state index contributed by atoms with van der Waals surface area (Å²) in [4.78, 5) is 0. The Morgan fingerprint density at radius 1 is 1.36 bits per heavy atom. The van der Waals surface area contributed by atoms with Crippen molar-refractivity contribution in [2.75, 3.05) is 6.79 Å². The van der Waals surface area contributed by atoms with Crippen molar-refractivity contribution in [3.8, 4) is 5.75 Å². The third kappa shape index (κ3) is 2.06. The Hall–Kier alpha value is -0.223. The highest BCUT2D eigenvalue weighted by atomic mass is 35.7. The van der Waals surface area contributed by atoms with E-state index in [1.54, 1.807) is 0 Å². The quantitative estimate of drug-likeness (QED) is 0.561. The number of hydrogen-bond acceptors (Lipinski definition) is 2. The van der Waals surface area contributed by atoms with Gasteiger partial charge in [0, 0.05) is 5.56 Å². The second kappa shape index (κ2) is 3.74. The summed E-state index contributed by atoms with van der Waals surface area (Å²) in [6.07, 6.45) is 0. The van der Waals surface area contributed by atoms with Gasteiger partial charge in [0.15, 0.2) is 6.79 Å². The van der Waals surface area contributed by atoms with Gasteiger partial charge in [-0.1, -0.05) is 12.1 Å². The molecule has 0 N–H and O–H groups in total. The average Bonchev–Trinajstić information content (AvgIpc) is 2.16. The molecule has 5 heteroatoms. The predicted molar refractivity (Wildman–Crippen MR) is 59.7 cm³/mol. The third-order valence-corrected chi connectivity index (χ3v) is 4.76. The van der Waals surface area contributed by atoms with E-state index in [0.717, 1.165) is 16.5 Å². The van der Waals surface area contributed by atoms with Crippen LogP contribution < -0.4 is 9.92 Å². The summed E-state index contributed by atoms with van der Waals surface area (Å²) in [5.74, 6) is 0.867. The van der Waals surface area contributed by atoms with Crippen LogP contribution in [-0.2, 0) is 11.3 Å². The number of halogens is 2. The SMILES string of the molecule is C[Si](Cl)(Cl)c1ccc2c(c1)COCO2. The van der Waals surface area contributed by atoms with E-state index in [-0.39, 0.29) is 0 Å². The highest BCUT2D eigenvalue weighted by Gasteiger charge is 2.25. The maximum Gasteiger partial charge on any atom is 0.277 e. The van der Waals surface area contributed by atoms with Crippen LogP contribution in [0.2, 0.25) is 6.55 Å². The van der Waals surface area contributed by atoms with Crippen molar-refractivity contribution in [3.05, 3.63) is 23.8 Å². The molecule has 1 heterocycles. The number of fused-ring (bicyclic) bond motifs is 1. The second-order valence-corrected chi connectivity index (χ2v) is 10.8. The van der Waals surface area contributed by atoms with Crippen molar-refractivity contribution in [2.24, 2.45) is 0 Å². The Balaban J connectivity index is 2.39. The van der Waals surface area contributed by atoms with Crippen LogP contribution in [0.5, 0.6) is 5.75 Å². The maximum absolute atomic E-state index is 6.12. The van der Waals surface area contributed by atoms with Gasteiger partial charge in [0.1, 0.15) is 5.75 Å². The molecule has 0 aliphatic carbocycles. The molecule has 76 valence electrons. The third-order valence-electron chi connectivity index (χ3n) is 2.12. The van der Waals surface area contributed by atoms with Gasteiger partial charge < -0.3 is 9.47 Å². The van der Waals surface area contributed by atoms with Crippen LogP contribution in [0.3, 0.4) is 0 Å². The van der Waals surface area contributed by atoms with Gasteiger partial charge in [-0.25, -0.2) is 0 Å². The largest absolute Gasteiger partial charge is 0.467 e. The topological polar surface area (TPSA) is 18.5 Å². The Bertz CT molecular complexity index is 349. The summed E-state index contributed by atoms with van der Waals surface area (Å²) in [6, 6.07) is 5.81. The summed E-state index contributed by atoms with van der Waals surface area (Å²) < 4.78 is 10.5. The van der Waals surface area contributed by atoms with Gasteiger partial charge in [0.25, 0.3) is 6.69 Å². The van der Waals surface area contributed by atoms with Gasteiger partial charge in [-0.3, -0.25) is 0 Å². The molecule has 0 radical (unpaired) electrons. The van der Waals surface area contributed by atoms with E-state index in [4.69, 9.17) is 31.6 Å². The number of rotatable bonds is 1. The Kier molecular flexibility index (Phi) is 2.75. The standard InChI is InChI=1S/C9H10Cl2O2Si/c1-14(10,11)8-2-3-9-7(4-8)5-12-6-13-9/h2-4H,5-6H2,1H3. The van der Waals surface area contributed by atoms with E-state index < -0.39 is 6.69 Å². The molecular formula is C9H10Cl2O2Si. The van der Waals surface area contributed by atoms with Gasteiger partial charge in [-0.2, -0.15) is 0 Å². The molecule has 0 spiro atoms. The van der Waals surface area contributed by atoms with E-state index in [9.17, 15) is 0 Å². The number of ether oxygens (including phenoxy) is 2.